The molecule has 0 saturated carbocycles. The van der Waals surface area contributed by atoms with E-state index in [4.69, 9.17) is 5.73 Å². The Kier molecular flexibility index (Phi) is 5.38. The molecule has 0 aliphatic carbocycles. The van der Waals surface area contributed by atoms with Crippen LogP contribution in [0, 0.1) is 11.3 Å². The van der Waals surface area contributed by atoms with Crippen molar-refractivity contribution < 1.29 is 9.90 Å². The highest BCUT2D eigenvalue weighted by atomic mass is 79.9. The lowest BCUT2D eigenvalue weighted by molar-refractivity contribution is -0.120. The minimum atomic E-state index is -0.265. The number of nitrogens with one attached hydrogen (secondary N) is 1. The zero-order valence-corrected chi connectivity index (χ0v) is 13.1. The summed E-state index contributed by atoms with van der Waals surface area (Å²) in [5.74, 6) is -0.382. The first-order valence-electron chi connectivity index (χ1n) is 6.22. The van der Waals surface area contributed by atoms with Gasteiger partial charge in [-0.05, 0) is 30.0 Å². The summed E-state index contributed by atoms with van der Waals surface area (Å²) < 4.78 is 0.792. The Balaban J connectivity index is 2.80. The van der Waals surface area contributed by atoms with Crippen molar-refractivity contribution in [2.45, 2.75) is 27.2 Å². The molecule has 0 aromatic heterocycles. The smallest absolute Gasteiger partial charge is 0.228 e. The second-order valence-corrected chi connectivity index (χ2v) is 6.76. The minimum absolute atomic E-state index is 0.0285. The van der Waals surface area contributed by atoms with Crippen molar-refractivity contribution in [3.05, 3.63) is 22.7 Å². The first kappa shape index (κ1) is 16.0. The van der Waals surface area contributed by atoms with Crippen LogP contribution in [0.4, 0.5) is 5.69 Å². The molecule has 1 rings (SSSR count). The predicted octanol–water partition coefficient (Wildman–Crippen LogP) is 3.10. The number of amides is 1. The van der Waals surface area contributed by atoms with E-state index < -0.39 is 0 Å². The largest absolute Gasteiger partial charge is 0.506 e. The summed E-state index contributed by atoms with van der Waals surface area (Å²) in [6.07, 6.45) is 0.699. The zero-order chi connectivity index (χ0) is 14.6. The molecule has 1 aromatic rings. The second-order valence-electron chi connectivity index (χ2n) is 5.85. The van der Waals surface area contributed by atoms with E-state index in [9.17, 15) is 9.90 Å². The van der Waals surface area contributed by atoms with E-state index in [-0.39, 0.29) is 29.5 Å². The third kappa shape index (κ3) is 5.20. The van der Waals surface area contributed by atoms with Crippen LogP contribution in [0.15, 0.2) is 22.7 Å². The molecule has 5 heteroatoms. The molecule has 0 heterocycles. The van der Waals surface area contributed by atoms with Crippen LogP contribution in [0.25, 0.3) is 0 Å². The number of benzene rings is 1. The number of aromatic hydroxyl groups is 1. The van der Waals surface area contributed by atoms with E-state index in [0.29, 0.717) is 12.1 Å². The van der Waals surface area contributed by atoms with E-state index >= 15 is 0 Å². The number of carbonyl (C=O) groups is 1. The molecule has 0 bridgehead atoms. The molecule has 0 fully saturated rings. The van der Waals surface area contributed by atoms with Crippen molar-refractivity contribution in [3.63, 3.8) is 0 Å². The van der Waals surface area contributed by atoms with Gasteiger partial charge in [-0.1, -0.05) is 36.7 Å². The SMILES string of the molecule is CC(C)(C)CC(CN)C(=O)Nc1cc(Br)ccc1O. The number of phenolic OH excluding ortho intramolecular Hbond substituents is 1. The van der Waals surface area contributed by atoms with E-state index in [1.807, 2.05) is 0 Å². The third-order valence-corrected chi connectivity index (χ3v) is 3.22. The van der Waals surface area contributed by atoms with Crippen molar-refractivity contribution >= 4 is 27.5 Å². The molecule has 0 saturated heterocycles. The first-order chi connectivity index (χ1) is 8.73. The van der Waals surface area contributed by atoms with Gasteiger partial charge in [0.2, 0.25) is 5.91 Å². The van der Waals surface area contributed by atoms with Gasteiger partial charge in [0.05, 0.1) is 11.6 Å². The Morgan fingerprint density at radius 3 is 2.63 bits per heavy atom. The van der Waals surface area contributed by atoms with Crippen molar-refractivity contribution in [2.75, 3.05) is 11.9 Å². The van der Waals surface area contributed by atoms with Gasteiger partial charge in [-0.3, -0.25) is 4.79 Å². The number of nitrogens with two attached hydrogens (primary N) is 1. The third-order valence-electron chi connectivity index (χ3n) is 2.73. The maximum Gasteiger partial charge on any atom is 0.228 e. The summed E-state index contributed by atoms with van der Waals surface area (Å²) in [4.78, 5) is 12.2. The molecule has 19 heavy (non-hydrogen) atoms. The van der Waals surface area contributed by atoms with Crippen LogP contribution in [0.3, 0.4) is 0 Å². The molecule has 1 aromatic carbocycles. The molecule has 0 aliphatic rings. The molecule has 4 N–H and O–H groups in total. The Bertz CT molecular complexity index is 455. The van der Waals surface area contributed by atoms with Crippen LogP contribution in [-0.4, -0.2) is 17.6 Å². The summed E-state index contributed by atoms with van der Waals surface area (Å²) >= 11 is 3.30. The maximum atomic E-state index is 12.2. The summed E-state index contributed by atoms with van der Waals surface area (Å²) in [6.45, 7) is 6.50. The van der Waals surface area contributed by atoms with Crippen LogP contribution in [-0.2, 0) is 4.79 Å². The van der Waals surface area contributed by atoms with Crippen LogP contribution in [0.5, 0.6) is 5.75 Å². The van der Waals surface area contributed by atoms with E-state index in [0.717, 1.165) is 4.47 Å². The highest BCUT2D eigenvalue weighted by Crippen LogP contribution is 2.29. The van der Waals surface area contributed by atoms with Crippen LogP contribution < -0.4 is 11.1 Å². The van der Waals surface area contributed by atoms with Gasteiger partial charge in [0.15, 0.2) is 0 Å². The molecule has 0 radical (unpaired) electrons. The molecule has 1 unspecified atom stereocenters. The highest BCUT2D eigenvalue weighted by Gasteiger charge is 2.24. The Morgan fingerprint density at radius 1 is 1.47 bits per heavy atom. The van der Waals surface area contributed by atoms with Crippen molar-refractivity contribution in [1.82, 2.24) is 0 Å². The van der Waals surface area contributed by atoms with Gasteiger partial charge in [-0.25, -0.2) is 0 Å². The molecular formula is C14H21BrN2O2. The average Bonchev–Trinajstić information content (AvgIpc) is 2.29. The molecule has 0 spiro atoms. The maximum absolute atomic E-state index is 12.2. The lowest BCUT2D eigenvalue weighted by atomic mass is 9.84. The molecule has 106 valence electrons. The Morgan fingerprint density at radius 2 is 2.11 bits per heavy atom. The number of rotatable bonds is 4. The molecule has 0 aliphatic heterocycles. The molecule has 4 nitrogen and oxygen atoms in total. The molecular weight excluding hydrogens is 308 g/mol. The fraction of sp³-hybridized carbons (Fsp3) is 0.500. The monoisotopic (exact) mass is 328 g/mol. The topological polar surface area (TPSA) is 75.4 Å². The lowest BCUT2D eigenvalue weighted by Gasteiger charge is -2.24. The quantitative estimate of drug-likeness (QED) is 0.743. The van der Waals surface area contributed by atoms with Gasteiger partial charge in [0, 0.05) is 11.0 Å². The number of halogens is 1. The number of phenols is 1. The fourth-order valence-electron chi connectivity index (χ4n) is 1.87. The standard InChI is InChI=1S/C14H21BrN2O2/c1-14(2,3)7-9(8-16)13(19)17-11-6-10(15)4-5-12(11)18/h4-6,9,18H,7-8,16H2,1-3H3,(H,17,19). The predicted molar refractivity (Wildman–Crippen MR) is 81.1 cm³/mol. The van der Waals surface area contributed by atoms with Crippen molar-refractivity contribution in [1.29, 1.82) is 0 Å². The number of hydrogen-bond donors (Lipinski definition) is 3. The Labute approximate surface area is 122 Å². The van der Waals surface area contributed by atoms with E-state index in [1.165, 1.54) is 6.07 Å². The van der Waals surface area contributed by atoms with Crippen molar-refractivity contribution in [2.24, 2.45) is 17.1 Å². The van der Waals surface area contributed by atoms with Gasteiger partial charge >= 0.3 is 0 Å². The summed E-state index contributed by atoms with van der Waals surface area (Å²) in [5, 5.41) is 12.4. The number of hydrogen-bond acceptors (Lipinski definition) is 3. The summed E-state index contributed by atoms with van der Waals surface area (Å²) in [7, 11) is 0. The fourth-order valence-corrected chi connectivity index (χ4v) is 2.23. The normalized spacial score (nSPS) is 13.1. The van der Waals surface area contributed by atoms with Gasteiger partial charge in [0.25, 0.3) is 0 Å². The lowest BCUT2D eigenvalue weighted by Crippen LogP contribution is -2.32. The van der Waals surface area contributed by atoms with Crippen LogP contribution in [0.1, 0.15) is 27.2 Å². The Hall–Kier alpha value is -1.07. The van der Waals surface area contributed by atoms with E-state index in [1.54, 1.807) is 12.1 Å². The first-order valence-corrected chi connectivity index (χ1v) is 7.01. The van der Waals surface area contributed by atoms with Gasteiger partial charge in [-0.2, -0.15) is 0 Å². The average molecular weight is 329 g/mol. The number of anilines is 1. The molecule has 1 atom stereocenters. The second kappa shape index (κ2) is 6.39. The summed E-state index contributed by atoms with van der Waals surface area (Å²) in [5.41, 5.74) is 6.09. The van der Waals surface area contributed by atoms with Crippen LogP contribution >= 0.6 is 15.9 Å². The van der Waals surface area contributed by atoms with Crippen LogP contribution in [0.2, 0.25) is 0 Å². The zero-order valence-electron chi connectivity index (χ0n) is 11.5. The summed E-state index contributed by atoms with van der Waals surface area (Å²) in [6, 6.07) is 4.90. The number of carbonyl (C=O) groups excluding carboxylic acids is 1. The van der Waals surface area contributed by atoms with Gasteiger partial charge < -0.3 is 16.2 Å². The highest BCUT2D eigenvalue weighted by molar-refractivity contribution is 9.10. The molecule has 1 amide bonds. The van der Waals surface area contributed by atoms with E-state index in [2.05, 4.69) is 42.0 Å². The van der Waals surface area contributed by atoms with Crippen molar-refractivity contribution in [3.8, 4) is 5.75 Å². The minimum Gasteiger partial charge on any atom is -0.506 e. The van der Waals surface area contributed by atoms with Gasteiger partial charge in [-0.15, -0.1) is 0 Å². The van der Waals surface area contributed by atoms with Gasteiger partial charge in [0.1, 0.15) is 5.75 Å².